The Morgan fingerprint density at radius 3 is 2.00 bits per heavy atom. The summed E-state index contributed by atoms with van der Waals surface area (Å²) >= 11 is 0. The number of hydroxylamine groups is 1. The van der Waals surface area contributed by atoms with Gasteiger partial charge in [-0.3, -0.25) is 34.6 Å². The van der Waals surface area contributed by atoms with Gasteiger partial charge in [-0.15, -0.1) is 0 Å². The second-order valence-corrected chi connectivity index (χ2v) is 12.7. The minimum absolute atomic E-state index is 0.0223. The van der Waals surface area contributed by atoms with Gasteiger partial charge in [0.25, 0.3) is 16.0 Å². The molecule has 7 N–H and O–H groups in total. The molecule has 0 radical (unpaired) electrons. The van der Waals surface area contributed by atoms with Gasteiger partial charge in [0.05, 0.1) is 23.3 Å². The number of carbonyl (C=O) groups excluding carboxylic acids is 3. The summed E-state index contributed by atoms with van der Waals surface area (Å²) < 4.78 is 29.6. The van der Waals surface area contributed by atoms with Crippen LogP contribution in [0.2, 0.25) is 0 Å². The number of carbonyl (C=O) groups is 3. The third-order valence-electron chi connectivity index (χ3n) is 6.39. The average molecular weight is 635 g/mol. The van der Waals surface area contributed by atoms with Gasteiger partial charge in [0, 0.05) is 6.54 Å². The molecule has 244 valence electrons. The topological polar surface area (TPSA) is 199 Å². The van der Waals surface area contributed by atoms with Gasteiger partial charge in [-0.05, 0) is 49.3 Å². The van der Waals surface area contributed by atoms with E-state index in [1.807, 2.05) is 71.0 Å². The first kappa shape index (κ1) is 38.4. The van der Waals surface area contributed by atoms with E-state index in [2.05, 4.69) is 5.43 Å². The van der Waals surface area contributed by atoms with E-state index in [1.165, 1.54) is 12.1 Å². The number of rotatable bonds is 13. The number of hydrazine groups is 1. The normalized spacial score (nSPS) is 13.5. The van der Waals surface area contributed by atoms with Gasteiger partial charge < -0.3 is 10.8 Å². The summed E-state index contributed by atoms with van der Waals surface area (Å²) in [7, 11) is -4.02. The highest BCUT2D eigenvalue weighted by Crippen LogP contribution is 2.26. The van der Waals surface area contributed by atoms with Crippen LogP contribution in [-0.4, -0.2) is 65.2 Å². The first-order valence-electron chi connectivity index (χ1n) is 14.3. The first-order valence-corrected chi connectivity index (χ1v) is 15.7. The summed E-state index contributed by atoms with van der Waals surface area (Å²) in [6.07, 6.45) is 4.20. The third-order valence-corrected chi connectivity index (χ3v) is 7.25. The third kappa shape index (κ3) is 13.8. The standard InChI is InChI=1S/C24H38N4O5.C7H8O3S/c1-16(2)13-20(22(30)26-28(14-17(3)4)24(32)21(25)15-29)19(23(31)27-33)12-8-11-18-9-6-5-7-10-18;1-6-2-4-7(5-3-6)11(8,9)10/h5-11,16-17,19-21,29,33H,12-15,25H2,1-4H3,(H,26,30)(H,27,31);2-5H,1H3,(H,8,9,10)/t19-,20+,21-;/m0./s1. The van der Waals surface area contributed by atoms with Gasteiger partial charge in [-0.1, -0.05) is 87.9 Å². The molecule has 3 amide bonds. The molecule has 0 spiro atoms. The molecule has 44 heavy (non-hydrogen) atoms. The summed E-state index contributed by atoms with van der Waals surface area (Å²) in [6.45, 7) is 9.07. The zero-order chi connectivity index (χ0) is 33.4. The zero-order valence-corrected chi connectivity index (χ0v) is 26.7. The summed E-state index contributed by atoms with van der Waals surface area (Å²) in [4.78, 5) is 38.3. The number of aliphatic hydroxyl groups is 1. The number of allylic oxidation sites excluding steroid dienone is 1. The monoisotopic (exact) mass is 634 g/mol. The molecule has 12 nitrogen and oxygen atoms in total. The second-order valence-electron chi connectivity index (χ2n) is 11.3. The predicted molar refractivity (Wildman–Crippen MR) is 167 cm³/mol. The number of amides is 3. The van der Waals surface area contributed by atoms with E-state index in [0.29, 0.717) is 6.42 Å². The molecular weight excluding hydrogens is 588 g/mol. The van der Waals surface area contributed by atoms with Gasteiger partial charge in [0.15, 0.2) is 0 Å². The van der Waals surface area contributed by atoms with Crippen molar-refractivity contribution in [3.05, 3.63) is 71.8 Å². The molecule has 0 aliphatic carbocycles. The summed E-state index contributed by atoms with van der Waals surface area (Å²) in [5.41, 5.74) is 11.9. The molecule has 13 heteroatoms. The van der Waals surface area contributed by atoms with E-state index in [0.717, 1.165) is 16.1 Å². The van der Waals surface area contributed by atoms with E-state index >= 15 is 0 Å². The number of aryl methyl sites for hydroxylation is 1. The minimum atomic E-state index is -4.02. The van der Waals surface area contributed by atoms with E-state index in [9.17, 15) is 33.1 Å². The van der Waals surface area contributed by atoms with E-state index in [1.54, 1.807) is 23.7 Å². The van der Waals surface area contributed by atoms with Crippen LogP contribution in [0.15, 0.2) is 65.6 Å². The summed E-state index contributed by atoms with van der Waals surface area (Å²) in [6, 6.07) is 14.3. The highest BCUT2D eigenvalue weighted by atomic mass is 32.2. The molecule has 0 aliphatic rings. The Hall–Kier alpha value is -3.62. The molecule has 0 heterocycles. The van der Waals surface area contributed by atoms with Crippen molar-refractivity contribution in [2.75, 3.05) is 13.2 Å². The SMILES string of the molecule is CC(C)C[C@@H](C(=O)NN(CC(C)C)C(=O)[C@@H](N)CO)[C@H](CC=Cc1ccccc1)C(=O)NO.Cc1ccc(S(=O)(=O)O)cc1. The molecule has 0 aliphatic heterocycles. The van der Waals surface area contributed by atoms with Crippen LogP contribution in [0, 0.1) is 30.6 Å². The molecule has 3 atom stereocenters. The molecular formula is C31H46N4O8S. The number of hydrogen-bond donors (Lipinski definition) is 6. The van der Waals surface area contributed by atoms with Gasteiger partial charge in [0.2, 0.25) is 11.8 Å². The van der Waals surface area contributed by atoms with Gasteiger partial charge >= 0.3 is 0 Å². The molecule has 2 rings (SSSR count). The van der Waals surface area contributed by atoms with Crippen molar-refractivity contribution in [1.82, 2.24) is 15.9 Å². The Morgan fingerprint density at radius 2 is 1.52 bits per heavy atom. The van der Waals surface area contributed by atoms with Crippen LogP contribution >= 0.6 is 0 Å². The van der Waals surface area contributed by atoms with Crippen molar-refractivity contribution < 1.29 is 37.7 Å². The van der Waals surface area contributed by atoms with Crippen molar-refractivity contribution in [3.63, 3.8) is 0 Å². The molecule has 0 aromatic heterocycles. The lowest BCUT2D eigenvalue weighted by Crippen LogP contribution is -2.56. The fourth-order valence-corrected chi connectivity index (χ4v) is 4.65. The Balaban J connectivity index is 0.000000733. The van der Waals surface area contributed by atoms with Crippen molar-refractivity contribution in [3.8, 4) is 0 Å². The molecule has 0 fully saturated rings. The van der Waals surface area contributed by atoms with Crippen LogP contribution in [-0.2, 0) is 24.5 Å². The second kappa shape index (κ2) is 18.9. The highest BCUT2D eigenvalue weighted by Gasteiger charge is 2.35. The van der Waals surface area contributed by atoms with E-state index in [4.69, 9.17) is 10.3 Å². The number of hydrogen-bond acceptors (Lipinski definition) is 8. The lowest BCUT2D eigenvalue weighted by molar-refractivity contribution is -0.148. The van der Waals surface area contributed by atoms with Gasteiger partial charge in [-0.2, -0.15) is 8.42 Å². The zero-order valence-electron chi connectivity index (χ0n) is 25.9. The number of aliphatic hydroxyl groups excluding tert-OH is 1. The maximum Gasteiger partial charge on any atom is 0.294 e. The minimum Gasteiger partial charge on any atom is -0.394 e. The van der Waals surface area contributed by atoms with Crippen LogP contribution in [0.25, 0.3) is 6.08 Å². The van der Waals surface area contributed by atoms with E-state index in [-0.39, 0.29) is 29.7 Å². The predicted octanol–water partition coefficient (Wildman–Crippen LogP) is 2.95. The van der Waals surface area contributed by atoms with Gasteiger partial charge in [0.1, 0.15) is 6.04 Å². The van der Waals surface area contributed by atoms with Crippen LogP contribution in [0.5, 0.6) is 0 Å². The fraction of sp³-hybridized carbons (Fsp3) is 0.452. The average Bonchev–Trinajstić information content (AvgIpc) is 2.97. The maximum absolute atomic E-state index is 13.3. The Morgan fingerprint density at radius 1 is 0.932 bits per heavy atom. The number of nitrogens with two attached hydrogens (primary N) is 1. The molecule has 0 bridgehead atoms. The molecule has 0 saturated heterocycles. The quantitative estimate of drug-likeness (QED) is 0.109. The molecule has 0 unspecified atom stereocenters. The molecule has 2 aromatic carbocycles. The van der Waals surface area contributed by atoms with E-state index < -0.39 is 52.3 Å². The largest absolute Gasteiger partial charge is 0.394 e. The summed E-state index contributed by atoms with van der Waals surface area (Å²) in [5.74, 6) is -3.40. The first-order chi connectivity index (χ1) is 20.6. The van der Waals surface area contributed by atoms with Crippen molar-refractivity contribution >= 4 is 33.9 Å². The molecule has 2 aromatic rings. The Kier molecular flexibility index (Phi) is 16.5. The van der Waals surface area contributed by atoms with Crippen LogP contribution < -0.4 is 16.6 Å². The lowest BCUT2D eigenvalue weighted by Gasteiger charge is -2.31. The van der Waals surface area contributed by atoms with Gasteiger partial charge in [-0.25, -0.2) is 5.48 Å². The number of nitrogens with one attached hydrogen (secondary N) is 2. The smallest absolute Gasteiger partial charge is 0.294 e. The van der Waals surface area contributed by atoms with Crippen LogP contribution in [0.3, 0.4) is 0 Å². The van der Waals surface area contributed by atoms with Crippen LogP contribution in [0.4, 0.5) is 0 Å². The summed E-state index contributed by atoms with van der Waals surface area (Å²) in [5, 5.41) is 19.7. The van der Waals surface area contributed by atoms with Crippen molar-refractivity contribution in [2.24, 2.45) is 29.4 Å². The number of benzene rings is 2. The molecule has 0 saturated carbocycles. The van der Waals surface area contributed by atoms with Crippen molar-refractivity contribution in [2.45, 2.75) is 58.4 Å². The lowest BCUT2D eigenvalue weighted by atomic mass is 9.82. The number of nitrogens with zero attached hydrogens (tertiary/aromatic N) is 1. The Bertz CT molecular complexity index is 1320. The Labute approximate surface area is 260 Å². The van der Waals surface area contributed by atoms with Crippen molar-refractivity contribution in [1.29, 1.82) is 0 Å². The van der Waals surface area contributed by atoms with Crippen LogP contribution in [0.1, 0.15) is 51.7 Å². The maximum atomic E-state index is 13.3. The highest BCUT2D eigenvalue weighted by molar-refractivity contribution is 7.85. The fourth-order valence-electron chi connectivity index (χ4n) is 4.17.